The SMILES string of the molecule is CCc1nc(C2(NC(C)C)CCCS(=O)(=O)C2)sc1C. The van der Waals surface area contributed by atoms with Gasteiger partial charge in [-0.05, 0) is 40.0 Å². The number of aromatic nitrogens is 1. The van der Waals surface area contributed by atoms with E-state index >= 15 is 0 Å². The quantitative estimate of drug-likeness (QED) is 0.927. The maximum absolute atomic E-state index is 12.1. The zero-order valence-electron chi connectivity index (χ0n) is 12.7. The monoisotopic (exact) mass is 316 g/mol. The lowest BCUT2D eigenvalue weighted by molar-refractivity contribution is 0.300. The van der Waals surface area contributed by atoms with E-state index in [1.54, 1.807) is 11.3 Å². The van der Waals surface area contributed by atoms with Crippen LogP contribution in [0.1, 0.15) is 49.2 Å². The van der Waals surface area contributed by atoms with E-state index in [4.69, 9.17) is 4.98 Å². The van der Waals surface area contributed by atoms with Gasteiger partial charge in [0.05, 0.1) is 22.7 Å². The Hall–Kier alpha value is -0.460. The average Bonchev–Trinajstić information content (AvgIpc) is 2.68. The predicted molar refractivity (Wildman–Crippen MR) is 84.1 cm³/mol. The molecule has 20 heavy (non-hydrogen) atoms. The van der Waals surface area contributed by atoms with Crippen LogP contribution >= 0.6 is 11.3 Å². The van der Waals surface area contributed by atoms with Crippen LogP contribution in [0.15, 0.2) is 0 Å². The fourth-order valence-electron chi connectivity index (χ4n) is 2.97. The van der Waals surface area contributed by atoms with Gasteiger partial charge in [-0.2, -0.15) is 0 Å². The minimum absolute atomic E-state index is 0.175. The van der Waals surface area contributed by atoms with Crippen molar-refractivity contribution in [1.82, 2.24) is 10.3 Å². The minimum Gasteiger partial charge on any atom is -0.302 e. The van der Waals surface area contributed by atoms with Crippen molar-refractivity contribution in [2.45, 2.75) is 58.5 Å². The summed E-state index contributed by atoms with van der Waals surface area (Å²) >= 11 is 1.65. The lowest BCUT2D eigenvalue weighted by atomic mass is 9.95. The van der Waals surface area contributed by atoms with Gasteiger partial charge in [0.25, 0.3) is 0 Å². The molecular formula is C14H24N2O2S2. The number of sulfone groups is 1. The molecule has 1 aliphatic rings. The Kier molecular flexibility index (Phi) is 4.56. The predicted octanol–water partition coefficient (Wildman–Crippen LogP) is 2.42. The second-order valence-corrected chi connectivity index (χ2v) is 9.34. The van der Waals surface area contributed by atoms with Crippen molar-refractivity contribution in [3.8, 4) is 0 Å². The Morgan fingerprint density at radius 1 is 1.45 bits per heavy atom. The molecular weight excluding hydrogens is 292 g/mol. The molecule has 1 fully saturated rings. The van der Waals surface area contributed by atoms with Crippen LogP contribution in [0.5, 0.6) is 0 Å². The topological polar surface area (TPSA) is 59.1 Å². The molecule has 0 saturated carbocycles. The first-order valence-electron chi connectivity index (χ1n) is 7.23. The molecule has 1 aliphatic heterocycles. The standard InChI is InChI=1S/C14H24N2O2S2/c1-5-12-11(4)19-13(15-12)14(16-10(2)3)7-6-8-20(17,18)9-14/h10,16H,5-9H2,1-4H3. The van der Waals surface area contributed by atoms with E-state index in [1.807, 2.05) is 0 Å². The Morgan fingerprint density at radius 2 is 2.15 bits per heavy atom. The molecule has 1 saturated heterocycles. The summed E-state index contributed by atoms with van der Waals surface area (Å²) in [6.07, 6.45) is 2.45. The van der Waals surface area contributed by atoms with E-state index in [0.29, 0.717) is 12.2 Å². The molecule has 4 nitrogen and oxygen atoms in total. The summed E-state index contributed by atoms with van der Waals surface area (Å²) < 4.78 is 24.2. The molecule has 0 aliphatic carbocycles. The van der Waals surface area contributed by atoms with Crippen molar-refractivity contribution in [1.29, 1.82) is 0 Å². The molecule has 0 aromatic carbocycles. The van der Waals surface area contributed by atoms with Gasteiger partial charge in [-0.25, -0.2) is 13.4 Å². The number of hydrogen-bond acceptors (Lipinski definition) is 5. The largest absolute Gasteiger partial charge is 0.302 e. The molecule has 1 aromatic rings. The van der Waals surface area contributed by atoms with Crippen molar-refractivity contribution in [3.05, 3.63) is 15.6 Å². The molecule has 114 valence electrons. The molecule has 1 N–H and O–H groups in total. The van der Waals surface area contributed by atoms with Gasteiger partial charge in [0.15, 0.2) is 9.84 Å². The zero-order valence-corrected chi connectivity index (χ0v) is 14.3. The van der Waals surface area contributed by atoms with E-state index in [0.717, 1.165) is 23.5 Å². The Bertz CT molecular complexity index is 578. The second kappa shape index (κ2) is 5.73. The van der Waals surface area contributed by atoms with Crippen LogP contribution in [0, 0.1) is 6.92 Å². The van der Waals surface area contributed by atoms with Gasteiger partial charge in [0.2, 0.25) is 0 Å². The summed E-state index contributed by atoms with van der Waals surface area (Å²) in [6.45, 7) is 8.28. The van der Waals surface area contributed by atoms with Crippen LogP contribution in [0.2, 0.25) is 0 Å². The smallest absolute Gasteiger partial charge is 0.152 e. The highest BCUT2D eigenvalue weighted by Gasteiger charge is 2.43. The van der Waals surface area contributed by atoms with E-state index in [1.165, 1.54) is 4.88 Å². The van der Waals surface area contributed by atoms with E-state index in [9.17, 15) is 8.42 Å². The highest BCUT2D eigenvalue weighted by molar-refractivity contribution is 7.91. The van der Waals surface area contributed by atoms with Crippen LogP contribution in [-0.4, -0.2) is 30.9 Å². The highest BCUT2D eigenvalue weighted by atomic mass is 32.2. The fraction of sp³-hybridized carbons (Fsp3) is 0.786. The number of hydrogen-bond donors (Lipinski definition) is 1. The van der Waals surface area contributed by atoms with Crippen molar-refractivity contribution < 1.29 is 8.42 Å². The van der Waals surface area contributed by atoms with Crippen molar-refractivity contribution in [2.24, 2.45) is 0 Å². The van der Waals surface area contributed by atoms with Gasteiger partial charge < -0.3 is 5.32 Å². The molecule has 1 atom stereocenters. The van der Waals surface area contributed by atoms with E-state index in [2.05, 4.69) is 33.0 Å². The molecule has 2 heterocycles. The summed E-state index contributed by atoms with van der Waals surface area (Å²) in [6, 6.07) is 0.234. The zero-order chi connectivity index (χ0) is 15.0. The van der Waals surface area contributed by atoms with Gasteiger partial charge in [-0.15, -0.1) is 11.3 Å². The Morgan fingerprint density at radius 3 is 2.65 bits per heavy atom. The first-order chi connectivity index (χ1) is 9.28. The van der Waals surface area contributed by atoms with Crippen molar-refractivity contribution in [3.63, 3.8) is 0 Å². The third-order valence-corrected chi connectivity index (χ3v) is 6.79. The number of nitrogens with zero attached hydrogens (tertiary/aromatic N) is 1. The van der Waals surface area contributed by atoms with Crippen molar-refractivity contribution in [2.75, 3.05) is 11.5 Å². The maximum Gasteiger partial charge on any atom is 0.152 e. The second-order valence-electron chi connectivity index (χ2n) is 5.95. The molecule has 0 spiro atoms. The van der Waals surface area contributed by atoms with E-state index < -0.39 is 15.4 Å². The molecule has 0 amide bonds. The first kappa shape index (κ1) is 15.9. The number of nitrogens with one attached hydrogen (secondary N) is 1. The molecule has 0 bridgehead atoms. The van der Waals surface area contributed by atoms with Gasteiger partial charge >= 0.3 is 0 Å². The van der Waals surface area contributed by atoms with Gasteiger partial charge in [-0.3, -0.25) is 0 Å². The molecule has 1 aromatic heterocycles. The Labute approximate surface area is 125 Å². The van der Waals surface area contributed by atoms with Crippen LogP contribution in [0.25, 0.3) is 0 Å². The highest BCUT2D eigenvalue weighted by Crippen LogP contribution is 2.36. The summed E-state index contributed by atoms with van der Waals surface area (Å²) in [4.78, 5) is 5.94. The van der Waals surface area contributed by atoms with Crippen LogP contribution in [0.4, 0.5) is 0 Å². The molecule has 6 heteroatoms. The number of thiazole rings is 1. The first-order valence-corrected chi connectivity index (χ1v) is 9.87. The Balaban J connectivity index is 2.45. The van der Waals surface area contributed by atoms with Gasteiger partial charge in [-0.1, -0.05) is 6.92 Å². The van der Waals surface area contributed by atoms with Gasteiger partial charge in [0.1, 0.15) is 5.01 Å². The average molecular weight is 316 g/mol. The normalized spacial score (nSPS) is 26.1. The lowest BCUT2D eigenvalue weighted by Crippen LogP contribution is -2.53. The van der Waals surface area contributed by atoms with Crippen molar-refractivity contribution >= 4 is 21.2 Å². The summed E-state index contributed by atoms with van der Waals surface area (Å²) in [5, 5.41) is 4.45. The third kappa shape index (κ3) is 3.23. The number of rotatable bonds is 4. The van der Waals surface area contributed by atoms with Crippen LogP contribution in [0.3, 0.4) is 0 Å². The fourth-order valence-corrected chi connectivity index (χ4v) is 6.09. The molecule has 2 rings (SSSR count). The molecule has 1 unspecified atom stereocenters. The lowest BCUT2D eigenvalue weighted by Gasteiger charge is -2.37. The third-order valence-electron chi connectivity index (χ3n) is 3.73. The minimum atomic E-state index is -2.99. The molecule has 0 radical (unpaired) electrons. The summed E-state index contributed by atoms with van der Waals surface area (Å²) in [7, 11) is -2.99. The van der Waals surface area contributed by atoms with Crippen LogP contribution < -0.4 is 5.32 Å². The summed E-state index contributed by atoms with van der Waals surface area (Å²) in [5.74, 6) is 0.480. The summed E-state index contributed by atoms with van der Waals surface area (Å²) in [5.41, 5.74) is 0.603. The van der Waals surface area contributed by atoms with Gasteiger partial charge in [0, 0.05) is 10.9 Å². The van der Waals surface area contributed by atoms with Crippen LogP contribution in [-0.2, 0) is 21.8 Å². The maximum atomic E-state index is 12.1. The number of aryl methyl sites for hydroxylation is 2. The van der Waals surface area contributed by atoms with E-state index in [-0.39, 0.29) is 11.8 Å².